The van der Waals surface area contributed by atoms with Gasteiger partial charge >= 0.3 is 6.03 Å². The monoisotopic (exact) mass is 306 g/mol. The van der Waals surface area contributed by atoms with Crippen LogP contribution in [0.3, 0.4) is 0 Å². The van der Waals surface area contributed by atoms with Crippen molar-refractivity contribution in [2.75, 3.05) is 19.8 Å². The summed E-state index contributed by atoms with van der Waals surface area (Å²) in [5, 5.41) is 10.5. The molecule has 2 unspecified atom stereocenters. The van der Waals surface area contributed by atoms with Crippen molar-refractivity contribution in [3.8, 4) is 0 Å². The quantitative estimate of drug-likeness (QED) is 0.881. The van der Waals surface area contributed by atoms with Crippen LogP contribution in [0.4, 0.5) is 4.79 Å². The number of aryl methyl sites for hydroxylation is 2. The number of hydrogen-bond donors (Lipinski definition) is 2. The van der Waals surface area contributed by atoms with E-state index in [9.17, 15) is 4.79 Å². The van der Waals surface area contributed by atoms with Gasteiger partial charge in [-0.2, -0.15) is 5.10 Å². The van der Waals surface area contributed by atoms with Crippen LogP contribution in [0, 0.1) is 13.8 Å². The Morgan fingerprint density at radius 1 is 1.32 bits per heavy atom. The van der Waals surface area contributed by atoms with Crippen molar-refractivity contribution in [2.24, 2.45) is 0 Å². The molecule has 122 valence electrons. The maximum atomic E-state index is 12.8. The molecular weight excluding hydrogens is 280 g/mol. The Balaban J connectivity index is 1.79. The number of nitrogens with one attached hydrogen (secondary N) is 2. The molecular formula is C16H26N4O2. The molecule has 2 aliphatic heterocycles. The lowest BCUT2D eigenvalue weighted by Crippen LogP contribution is -2.46. The minimum atomic E-state index is 0.0439. The highest BCUT2D eigenvalue weighted by Crippen LogP contribution is 2.33. The number of urea groups is 1. The molecule has 2 aliphatic rings. The van der Waals surface area contributed by atoms with E-state index >= 15 is 0 Å². The van der Waals surface area contributed by atoms with Gasteiger partial charge < -0.3 is 15.0 Å². The third-order valence-electron chi connectivity index (χ3n) is 4.79. The number of aromatic nitrogens is 2. The molecule has 2 atom stereocenters. The highest BCUT2D eigenvalue weighted by atomic mass is 16.5. The van der Waals surface area contributed by atoms with Crippen molar-refractivity contribution in [3.63, 3.8) is 0 Å². The minimum absolute atomic E-state index is 0.0439. The Kier molecular flexibility index (Phi) is 4.66. The Morgan fingerprint density at radius 2 is 2.18 bits per heavy atom. The van der Waals surface area contributed by atoms with Crippen molar-refractivity contribution < 1.29 is 9.53 Å². The lowest BCUT2D eigenvalue weighted by molar-refractivity contribution is 0.164. The number of likely N-dealkylation sites (tertiary alicyclic amines) is 1. The highest BCUT2D eigenvalue weighted by molar-refractivity contribution is 5.75. The number of amides is 2. The number of rotatable bonds is 2. The van der Waals surface area contributed by atoms with Crippen molar-refractivity contribution in [1.29, 1.82) is 0 Å². The van der Waals surface area contributed by atoms with Crippen LogP contribution >= 0.6 is 0 Å². The Morgan fingerprint density at radius 3 is 2.86 bits per heavy atom. The van der Waals surface area contributed by atoms with Crippen molar-refractivity contribution in [2.45, 2.75) is 58.0 Å². The molecule has 2 saturated heterocycles. The maximum absolute atomic E-state index is 12.8. The van der Waals surface area contributed by atoms with Gasteiger partial charge in [0, 0.05) is 24.4 Å². The molecule has 0 bridgehead atoms. The van der Waals surface area contributed by atoms with E-state index < -0.39 is 0 Å². The van der Waals surface area contributed by atoms with Gasteiger partial charge in [0.1, 0.15) is 0 Å². The Bertz CT molecular complexity index is 503. The molecule has 1 aromatic heterocycles. The summed E-state index contributed by atoms with van der Waals surface area (Å²) in [6.07, 6.45) is 5.33. The molecule has 0 radical (unpaired) electrons. The zero-order valence-corrected chi connectivity index (χ0v) is 13.5. The van der Waals surface area contributed by atoms with Gasteiger partial charge in [-0.25, -0.2) is 4.79 Å². The first-order chi connectivity index (χ1) is 10.7. The first-order valence-electron chi connectivity index (χ1n) is 8.33. The van der Waals surface area contributed by atoms with E-state index in [4.69, 9.17) is 4.74 Å². The summed E-state index contributed by atoms with van der Waals surface area (Å²) < 4.78 is 5.36. The maximum Gasteiger partial charge on any atom is 0.318 e. The number of hydrogen-bond acceptors (Lipinski definition) is 3. The standard InChI is InChI=1S/C16H26N4O2/c1-11-15(12(2)19-18-11)14-6-4-3-5-8-20(14)16(21)17-13-7-9-22-10-13/h13-14H,3-10H2,1-2H3,(H,17,21)(H,18,19). The van der Waals surface area contributed by atoms with E-state index in [1.807, 2.05) is 18.7 Å². The van der Waals surface area contributed by atoms with Crippen LogP contribution in [0.1, 0.15) is 55.1 Å². The molecule has 6 heteroatoms. The average Bonchev–Trinajstić information content (AvgIpc) is 3.03. The van der Waals surface area contributed by atoms with Crippen LogP contribution in [0.25, 0.3) is 0 Å². The average molecular weight is 306 g/mol. The van der Waals surface area contributed by atoms with E-state index in [1.165, 1.54) is 12.0 Å². The number of carbonyl (C=O) groups is 1. The summed E-state index contributed by atoms with van der Waals surface area (Å²) in [5.41, 5.74) is 3.28. The second kappa shape index (κ2) is 6.69. The van der Waals surface area contributed by atoms with Crippen LogP contribution in [-0.2, 0) is 4.74 Å². The first-order valence-corrected chi connectivity index (χ1v) is 8.33. The predicted octanol–water partition coefficient (Wildman–Crippen LogP) is 2.44. The van der Waals surface area contributed by atoms with E-state index in [-0.39, 0.29) is 18.1 Å². The predicted molar refractivity (Wildman–Crippen MR) is 83.7 cm³/mol. The van der Waals surface area contributed by atoms with Gasteiger partial charge in [-0.1, -0.05) is 12.8 Å². The molecule has 0 spiro atoms. The van der Waals surface area contributed by atoms with Crippen LogP contribution in [0.5, 0.6) is 0 Å². The van der Waals surface area contributed by atoms with Gasteiger partial charge in [0.25, 0.3) is 0 Å². The zero-order valence-electron chi connectivity index (χ0n) is 13.5. The zero-order chi connectivity index (χ0) is 15.5. The molecule has 2 amide bonds. The van der Waals surface area contributed by atoms with E-state index in [1.54, 1.807) is 0 Å². The van der Waals surface area contributed by atoms with E-state index in [2.05, 4.69) is 15.5 Å². The van der Waals surface area contributed by atoms with Crippen molar-refractivity contribution >= 4 is 6.03 Å². The molecule has 1 aromatic rings. The second-order valence-electron chi connectivity index (χ2n) is 6.42. The number of nitrogens with zero attached hydrogens (tertiary/aromatic N) is 2. The molecule has 2 N–H and O–H groups in total. The van der Waals surface area contributed by atoms with Gasteiger partial charge in [-0.05, 0) is 33.1 Å². The third kappa shape index (κ3) is 3.11. The van der Waals surface area contributed by atoms with Crippen molar-refractivity contribution in [3.05, 3.63) is 17.0 Å². The Hall–Kier alpha value is -1.56. The molecule has 22 heavy (non-hydrogen) atoms. The van der Waals surface area contributed by atoms with E-state index in [0.717, 1.165) is 50.2 Å². The number of H-pyrrole nitrogens is 1. The molecule has 2 fully saturated rings. The van der Waals surface area contributed by atoms with Gasteiger partial charge in [0.05, 0.1) is 24.4 Å². The smallest absolute Gasteiger partial charge is 0.318 e. The normalized spacial score (nSPS) is 26.0. The fourth-order valence-corrected chi connectivity index (χ4v) is 3.61. The highest BCUT2D eigenvalue weighted by Gasteiger charge is 2.31. The summed E-state index contributed by atoms with van der Waals surface area (Å²) in [6.45, 7) is 6.25. The number of carbonyl (C=O) groups excluding carboxylic acids is 1. The molecule has 0 aliphatic carbocycles. The van der Waals surface area contributed by atoms with Crippen LogP contribution < -0.4 is 5.32 Å². The number of ether oxygens (including phenoxy) is 1. The van der Waals surface area contributed by atoms with Gasteiger partial charge in [0.2, 0.25) is 0 Å². The van der Waals surface area contributed by atoms with E-state index in [0.29, 0.717) is 6.61 Å². The third-order valence-corrected chi connectivity index (χ3v) is 4.79. The van der Waals surface area contributed by atoms with Gasteiger partial charge in [0.15, 0.2) is 0 Å². The molecule has 3 heterocycles. The fraction of sp³-hybridized carbons (Fsp3) is 0.750. The largest absolute Gasteiger partial charge is 0.379 e. The second-order valence-corrected chi connectivity index (χ2v) is 6.42. The Labute approximate surface area is 131 Å². The lowest BCUT2D eigenvalue weighted by atomic mass is 9.99. The van der Waals surface area contributed by atoms with Crippen LogP contribution in [0.2, 0.25) is 0 Å². The summed E-state index contributed by atoms with van der Waals surface area (Å²) in [6, 6.07) is 0.328. The summed E-state index contributed by atoms with van der Waals surface area (Å²) in [7, 11) is 0. The minimum Gasteiger partial charge on any atom is -0.379 e. The summed E-state index contributed by atoms with van der Waals surface area (Å²) in [4.78, 5) is 14.8. The molecule has 6 nitrogen and oxygen atoms in total. The first kappa shape index (κ1) is 15.3. The summed E-state index contributed by atoms with van der Waals surface area (Å²) >= 11 is 0. The lowest BCUT2D eigenvalue weighted by Gasteiger charge is -2.31. The number of aromatic amines is 1. The van der Waals surface area contributed by atoms with Crippen molar-refractivity contribution in [1.82, 2.24) is 20.4 Å². The van der Waals surface area contributed by atoms with Crippen LogP contribution in [-0.4, -0.2) is 46.9 Å². The molecule has 0 aromatic carbocycles. The SMILES string of the molecule is Cc1n[nH]c(C)c1C1CCCCCN1C(=O)NC1CCOC1. The van der Waals surface area contributed by atoms with Gasteiger partial charge in [-0.15, -0.1) is 0 Å². The summed E-state index contributed by atoms with van der Waals surface area (Å²) in [5.74, 6) is 0. The molecule has 0 saturated carbocycles. The van der Waals surface area contributed by atoms with Crippen LogP contribution in [0.15, 0.2) is 0 Å². The topological polar surface area (TPSA) is 70.2 Å². The fourth-order valence-electron chi connectivity index (χ4n) is 3.61. The van der Waals surface area contributed by atoms with Gasteiger partial charge in [-0.3, -0.25) is 5.10 Å². The molecule has 3 rings (SSSR count).